The summed E-state index contributed by atoms with van der Waals surface area (Å²) in [5.41, 5.74) is 2.09. The van der Waals surface area contributed by atoms with Gasteiger partial charge in [0.1, 0.15) is 0 Å². The van der Waals surface area contributed by atoms with Crippen molar-refractivity contribution in [2.45, 2.75) is 18.9 Å². The second kappa shape index (κ2) is 3.57. The van der Waals surface area contributed by atoms with Gasteiger partial charge < -0.3 is 5.32 Å². The van der Waals surface area contributed by atoms with Crippen molar-refractivity contribution in [2.75, 3.05) is 6.54 Å². The number of aromatic nitrogens is 3. The van der Waals surface area contributed by atoms with Crippen LogP contribution in [-0.2, 0) is 0 Å². The topological polar surface area (TPSA) is 42.2 Å². The molecule has 2 aromatic rings. The summed E-state index contributed by atoms with van der Waals surface area (Å²) in [5.74, 6) is 0. The summed E-state index contributed by atoms with van der Waals surface area (Å²) in [6, 6.07) is 0.449. The minimum atomic E-state index is 0.449. The molecular formula is C10H11BrN4. The number of hydrogen-bond donors (Lipinski definition) is 1. The molecule has 1 aliphatic rings. The number of nitrogens with zero attached hydrogens (tertiary/aromatic N) is 3. The second-order valence-corrected chi connectivity index (χ2v) is 4.65. The molecule has 78 valence electrons. The molecule has 4 nitrogen and oxygen atoms in total. The fourth-order valence-electron chi connectivity index (χ4n) is 2.01. The van der Waals surface area contributed by atoms with Crippen LogP contribution in [0.4, 0.5) is 0 Å². The van der Waals surface area contributed by atoms with Gasteiger partial charge in [-0.2, -0.15) is 5.10 Å². The zero-order chi connectivity index (χ0) is 10.3. The summed E-state index contributed by atoms with van der Waals surface area (Å²) >= 11 is 3.41. The Hall–Kier alpha value is -0.940. The highest BCUT2D eigenvalue weighted by molar-refractivity contribution is 9.10. The highest BCUT2D eigenvalue weighted by atomic mass is 79.9. The minimum Gasteiger partial charge on any atom is -0.310 e. The number of hydrogen-bond acceptors (Lipinski definition) is 3. The van der Waals surface area contributed by atoms with Gasteiger partial charge in [0.2, 0.25) is 0 Å². The van der Waals surface area contributed by atoms with Crippen LogP contribution in [-0.4, -0.2) is 21.1 Å². The van der Waals surface area contributed by atoms with E-state index >= 15 is 0 Å². The van der Waals surface area contributed by atoms with Gasteiger partial charge in [-0.1, -0.05) is 0 Å². The molecule has 0 saturated carbocycles. The van der Waals surface area contributed by atoms with Gasteiger partial charge in [0.25, 0.3) is 0 Å². The Kier molecular flexibility index (Phi) is 2.21. The molecular weight excluding hydrogens is 256 g/mol. The molecule has 0 amide bonds. The Morgan fingerprint density at radius 2 is 2.40 bits per heavy atom. The molecule has 2 aromatic heterocycles. The third kappa shape index (κ3) is 1.55. The van der Waals surface area contributed by atoms with Gasteiger partial charge in [0, 0.05) is 24.0 Å². The third-order valence-electron chi connectivity index (χ3n) is 2.80. The lowest BCUT2D eigenvalue weighted by molar-refractivity contribution is 0.638. The zero-order valence-corrected chi connectivity index (χ0v) is 9.74. The smallest absolute Gasteiger partial charge is 0.169 e. The Bertz CT molecular complexity index is 487. The van der Waals surface area contributed by atoms with Crippen LogP contribution in [0.15, 0.2) is 23.1 Å². The third-order valence-corrected chi connectivity index (χ3v) is 3.36. The minimum absolute atomic E-state index is 0.449. The highest BCUT2D eigenvalue weighted by Crippen LogP contribution is 2.23. The van der Waals surface area contributed by atoms with Crippen molar-refractivity contribution in [3.05, 3.63) is 28.6 Å². The Balaban J connectivity index is 2.05. The van der Waals surface area contributed by atoms with Crippen molar-refractivity contribution < 1.29 is 0 Å². The number of rotatable bonds is 1. The largest absolute Gasteiger partial charge is 0.310 e. The molecule has 1 N–H and O–H groups in total. The normalized spacial score (nSPS) is 21.3. The zero-order valence-electron chi connectivity index (χ0n) is 8.15. The van der Waals surface area contributed by atoms with E-state index in [1.165, 1.54) is 18.4 Å². The van der Waals surface area contributed by atoms with Crippen molar-refractivity contribution in [1.29, 1.82) is 0 Å². The van der Waals surface area contributed by atoms with Gasteiger partial charge in [-0.05, 0) is 35.3 Å². The quantitative estimate of drug-likeness (QED) is 0.858. The van der Waals surface area contributed by atoms with Crippen LogP contribution in [0.1, 0.15) is 24.4 Å². The maximum atomic E-state index is 4.40. The Morgan fingerprint density at radius 1 is 1.47 bits per heavy atom. The molecule has 3 rings (SSSR count). The van der Waals surface area contributed by atoms with E-state index in [9.17, 15) is 0 Å². The van der Waals surface area contributed by atoms with Crippen LogP contribution in [0.25, 0.3) is 5.65 Å². The average Bonchev–Trinajstić information content (AvgIpc) is 2.88. The molecule has 0 aliphatic carbocycles. The summed E-state index contributed by atoms with van der Waals surface area (Å²) in [6.07, 6.45) is 8.19. The van der Waals surface area contributed by atoms with E-state index in [1.54, 1.807) is 6.20 Å². The number of halogens is 1. The summed E-state index contributed by atoms with van der Waals surface area (Å²) in [7, 11) is 0. The Labute approximate surface area is 95.8 Å². The van der Waals surface area contributed by atoms with E-state index in [2.05, 4.69) is 37.5 Å². The van der Waals surface area contributed by atoms with Crippen LogP contribution in [0, 0.1) is 0 Å². The van der Waals surface area contributed by atoms with Crippen LogP contribution < -0.4 is 5.32 Å². The molecule has 1 fully saturated rings. The van der Waals surface area contributed by atoms with Crippen molar-refractivity contribution in [3.8, 4) is 0 Å². The first kappa shape index (κ1) is 9.30. The summed E-state index contributed by atoms with van der Waals surface area (Å²) in [5, 5.41) is 7.68. The van der Waals surface area contributed by atoms with E-state index in [1.807, 2.05) is 10.7 Å². The summed E-state index contributed by atoms with van der Waals surface area (Å²) < 4.78 is 2.76. The molecule has 1 saturated heterocycles. The first-order valence-corrected chi connectivity index (χ1v) is 5.86. The van der Waals surface area contributed by atoms with E-state index in [4.69, 9.17) is 0 Å². The van der Waals surface area contributed by atoms with Crippen LogP contribution in [0.3, 0.4) is 0 Å². The van der Waals surface area contributed by atoms with Crippen molar-refractivity contribution in [2.24, 2.45) is 0 Å². The number of nitrogens with one attached hydrogen (secondary N) is 1. The number of fused-ring (bicyclic) bond motifs is 1. The molecule has 3 heterocycles. The van der Waals surface area contributed by atoms with Crippen molar-refractivity contribution in [1.82, 2.24) is 19.9 Å². The molecule has 0 spiro atoms. The summed E-state index contributed by atoms with van der Waals surface area (Å²) in [4.78, 5) is 4.40. The van der Waals surface area contributed by atoms with Crippen molar-refractivity contribution in [3.63, 3.8) is 0 Å². The predicted octanol–water partition coefficient (Wildman–Crippen LogP) is 1.92. The van der Waals surface area contributed by atoms with Crippen LogP contribution in [0.5, 0.6) is 0 Å². The maximum absolute atomic E-state index is 4.40. The van der Waals surface area contributed by atoms with E-state index in [0.717, 1.165) is 16.7 Å². The van der Waals surface area contributed by atoms with Gasteiger partial charge in [0.05, 0.1) is 10.7 Å². The molecule has 0 aromatic carbocycles. The maximum Gasteiger partial charge on any atom is 0.169 e. The molecule has 1 atom stereocenters. The molecule has 1 unspecified atom stereocenters. The lowest BCUT2D eigenvalue weighted by atomic mass is 10.1. The summed E-state index contributed by atoms with van der Waals surface area (Å²) in [6.45, 7) is 1.10. The van der Waals surface area contributed by atoms with Gasteiger partial charge in [-0.3, -0.25) is 0 Å². The molecule has 0 bridgehead atoms. The lowest BCUT2D eigenvalue weighted by Gasteiger charge is -2.09. The molecule has 1 aliphatic heterocycles. The average molecular weight is 267 g/mol. The fraction of sp³-hybridized carbons (Fsp3) is 0.400. The Morgan fingerprint density at radius 3 is 3.20 bits per heavy atom. The molecule has 0 radical (unpaired) electrons. The lowest BCUT2D eigenvalue weighted by Crippen LogP contribution is -2.13. The van der Waals surface area contributed by atoms with Gasteiger partial charge >= 0.3 is 0 Å². The fourth-order valence-corrected chi connectivity index (χ4v) is 2.38. The molecule has 5 heteroatoms. The second-order valence-electron chi connectivity index (χ2n) is 3.80. The van der Waals surface area contributed by atoms with Crippen LogP contribution >= 0.6 is 15.9 Å². The van der Waals surface area contributed by atoms with E-state index in [0.29, 0.717) is 6.04 Å². The monoisotopic (exact) mass is 266 g/mol. The van der Waals surface area contributed by atoms with Gasteiger partial charge in [-0.25, -0.2) is 9.50 Å². The van der Waals surface area contributed by atoms with E-state index in [-0.39, 0.29) is 0 Å². The molecule has 15 heavy (non-hydrogen) atoms. The standard InChI is InChI=1S/C10H11BrN4/c11-8-5-14-15-6-7(4-13-10(8)15)9-2-1-3-12-9/h4-6,9,12H,1-3H2. The first-order valence-electron chi connectivity index (χ1n) is 5.07. The SMILES string of the molecule is Brc1cnn2cc(C3CCCN3)cnc12. The van der Waals surface area contributed by atoms with E-state index < -0.39 is 0 Å². The highest BCUT2D eigenvalue weighted by Gasteiger charge is 2.17. The van der Waals surface area contributed by atoms with Crippen molar-refractivity contribution >= 4 is 21.6 Å². The van der Waals surface area contributed by atoms with Crippen LogP contribution in [0.2, 0.25) is 0 Å². The van der Waals surface area contributed by atoms with Gasteiger partial charge in [0.15, 0.2) is 5.65 Å². The van der Waals surface area contributed by atoms with Gasteiger partial charge in [-0.15, -0.1) is 0 Å². The first-order chi connectivity index (χ1) is 7.34. The predicted molar refractivity (Wildman–Crippen MR) is 60.7 cm³/mol.